The second kappa shape index (κ2) is 5.63. The van der Waals surface area contributed by atoms with Crippen molar-refractivity contribution in [3.63, 3.8) is 0 Å². The maximum Gasteiger partial charge on any atom is -0.00702 e. The zero-order chi connectivity index (χ0) is 15.9. The Hall–Kier alpha value is -2.34. The van der Waals surface area contributed by atoms with E-state index in [-0.39, 0.29) is 0 Å². The molecule has 3 aliphatic rings. The van der Waals surface area contributed by atoms with Crippen LogP contribution >= 0.6 is 0 Å². The monoisotopic (exact) mass is 310 g/mol. The Labute approximate surface area is 142 Å². The van der Waals surface area contributed by atoms with Crippen molar-refractivity contribution in [2.45, 2.75) is 38.5 Å². The molecule has 0 heterocycles. The van der Waals surface area contributed by atoms with E-state index in [2.05, 4.69) is 60.7 Å². The SMILES string of the molecule is C1=CCC(c2c3c(ccc2=C2CCCCC2)=c2ccccc2=C3)=C1. The standard InChI is InChI=1S/C24H22/c1-2-8-17(9-3-1)21-14-15-22-20-13-7-6-12-19(20)16-23(22)24(21)18-10-4-5-11-18/h4-7,10,12-16H,1-3,8-9,11H2. The zero-order valence-electron chi connectivity index (χ0n) is 14.0. The summed E-state index contributed by atoms with van der Waals surface area (Å²) in [6.07, 6.45) is 17.0. The first-order valence-electron chi connectivity index (χ1n) is 9.24. The molecule has 0 N–H and O–H groups in total. The van der Waals surface area contributed by atoms with Gasteiger partial charge in [-0.25, -0.2) is 0 Å². The molecule has 0 unspecified atom stereocenters. The van der Waals surface area contributed by atoms with Gasteiger partial charge in [0.05, 0.1) is 0 Å². The van der Waals surface area contributed by atoms with Crippen molar-refractivity contribution in [3.8, 4) is 0 Å². The van der Waals surface area contributed by atoms with Gasteiger partial charge in [0.15, 0.2) is 0 Å². The van der Waals surface area contributed by atoms with Gasteiger partial charge in [-0.1, -0.05) is 66.6 Å². The predicted octanol–water partition coefficient (Wildman–Crippen LogP) is 4.57. The molecule has 118 valence electrons. The molecule has 1 fully saturated rings. The van der Waals surface area contributed by atoms with Crippen molar-refractivity contribution in [1.82, 2.24) is 0 Å². The van der Waals surface area contributed by atoms with Crippen molar-refractivity contribution < 1.29 is 0 Å². The zero-order valence-corrected chi connectivity index (χ0v) is 14.0. The van der Waals surface area contributed by atoms with Gasteiger partial charge < -0.3 is 0 Å². The third kappa shape index (κ3) is 2.13. The molecule has 3 aliphatic carbocycles. The lowest BCUT2D eigenvalue weighted by molar-refractivity contribution is 0.643. The largest absolute Gasteiger partial charge is 0.0801 e. The highest BCUT2D eigenvalue weighted by Gasteiger charge is 2.16. The summed E-state index contributed by atoms with van der Waals surface area (Å²) in [5.74, 6) is 0. The second-order valence-electron chi connectivity index (χ2n) is 7.17. The first kappa shape index (κ1) is 14.0. The van der Waals surface area contributed by atoms with Crippen molar-refractivity contribution in [2.75, 3.05) is 0 Å². The lowest BCUT2D eigenvalue weighted by Gasteiger charge is -2.17. The summed E-state index contributed by atoms with van der Waals surface area (Å²) >= 11 is 0. The molecule has 0 amide bonds. The van der Waals surface area contributed by atoms with E-state index in [0.717, 1.165) is 6.42 Å². The third-order valence-electron chi connectivity index (χ3n) is 5.73. The quantitative estimate of drug-likeness (QED) is 0.617. The molecule has 1 saturated carbocycles. The maximum absolute atomic E-state index is 2.41. The van der Waals surface area contributed by atoms with E-state index in [0.29, 0.717) is 0 Å². The summed E-state index contributed by atoms with van der Waals surface area (Å²) in [4.78, 5) is 0. The Morgan fingerprint density at radius 2 is 1.58 bits per heavy atom. The van der Waals surface area contributed by atoms with Gasteiger partial charge in [0, 0.05) is 0 Å². The van der Waals surface area contributed by atoms with Crippen LogP contribution in [0.2, 0.25) is 0 Å². The van der Waals surface area contributed by atoms with Gasteiger partial charge in [-0.2, -0.15) is 0 Å². The number of hydrogen-bond acceptors (Lipinski definition) is 0. The number of rotatable bonds is 1. The Morgan fingerprint density at radius 1 is 0.750 bits per heavy atom. The number of hydrogen-bond donors (Lipinski definition) is 0. The Bertz CT molecular complexity index is 1090. The third-order valence-corrected chi connectivity index (χ3v) is 5.73. The molecule has 2 aromatic carbocycles. The molecule has 0 saturated heterocycles. The lowest BCUT2D eigenvalue weighted by Crippen LogP contribution is -2.16. The summed E-state index contributed by atoms with van der Waals surface area (Å²) in [5.41, 5.74) is 6.12. The first-order valence-corrected chi connectivity index (χ1v) is 9.24. The van der Waals surface area contributed by atoms with Crippen LogP contribution in [0.5, 0.6) is 0 Å². The van der Waals surface area contributed by atoms with Crippen molar-refractivity contribution in [3.05, 3.63) is 86.6 Å². The minimum Gasteiger partial charge on any atom is -0.0801 e. The summed E-state index contributed by atoms with van der Waals surface area (Å²) < 4.78 is 0. The van der Waals surface area contributed by atoms with Crippen LogP contribution in [0.1, 0.15) is 49.7 Å². The molecular weight excluding hydrogens is 288 g/mol. The van der Waals surface area contributed by atoms with Crippen molar-refractivity contribution >= 4 is 17.2 Å². The second-order valence-corrected chi connectivity index (χ2v) is 7.17. The van der Waals surface area contributed by atoms with Gasteiger partial charge in [0.25, 0.3) is 0 Å². The molecule has 0 aliphatic heterocycles. The molecular formula is C24H22. The van der Waals surface area contributed by atoms with Crippen LogP contribution in [0.3, 0.4) is 0 Å². The molecule has 24 heavy (non-hydrogen) atoms. The molecule has 0 bridgehead atoms. The van der Waals surface area contributed by atoms with Crippen LogP contribution in [0, 0.1) is 10.4 Å². The minimum absolute atomic E-state index is 1.07. The Kier molecular flexibility index (Phi) is 3.29. The highest BCUT2D eigenvalue weighted by Crippen LogP contribution is 2.29. The summed E-state index contributed by atoms with van der Waals surface area (Å²) in [6.45, 7) is 0. The average molecular weight is 310 g/mol. The van der Waals surface area contributed by atoms with E-state index in [9.17, 15) is 0 Å². The molecule has 0 atom stereocenters. The number of fused-ring (bicyclic) bond motifs is 2. The summed E-state index contributed by atoms with van der Waals surface area (Å²) in [6, 6.07) is 13.6. The molecule has 0 heteroatoms. The van der Waals surface area contributed by atoms with Gasteiger partial charge in [-0.3, -0.25) is 0 Å². The normalized spacial score (nSPS) is 18.2. The van der Waals surface area contributed by atoms with Crippen LogP contribution in [-0.4, -0.2) is 0 Å². The smallest absolute Gasteiger partial charge is 0.00702 e. The van der Waals surface area contributed by atoms with E-state index in [1.165, 1.54) is 69.7 Å². The van der Waals surface area contributed by atoms with Gasteiger partial charge in [0.2, 0.25) is 0 Å². The average Bonchev–Trinajstić information content (AvgIpc) is 3.29. The van der Waals surface area contributed by atoms with E-state index in [1.54, 1.807) is 5.57 Å². The van der Waals surface area contributed by atoms with Crippen molar-refractivity contribution in [2.24, 2.45) is 0 Å². The topological polar surface area (TPSA) is 0 Å². The van der Waals surface area contributed by atoms with Gasteiger partial charge in [0.1, 0.15) is 0 Å². The lowest BCUT2D eigenvalue weighted by atomic mass is 9.88. The van der Waals surface area contributed by atoms with E-state index >= 15 is 0 Å². The van der Waals surface area contributed by atoms with E-state index in [4.69, 9.17) is 0 Å². The van der Waals surface area contributed by atoms with E-state index < -0.39 is 0 Å². The van der Waals surface area contributed by atoms with Gasteiger partial charge in [-0.05, 0) is 75.8 Å². The summed E-state index contributed by atoms with van der Waals surface area (Å²) in [5, 5.41) is 5.69. The molecule has 2 aromatic rings. The predicted molar refractivity (Wildman–Crippen MR) is 102 cm³/mol. The molecule has 5 rings (SSSR count). The fourth-order valence-electron chi connectivity index (χ4n) is 4.55. The van der Waals surface area contributed by atoms with Crippen LogP contribution in [0.15, 0.2) is 54.6 Å². The fourth-order valence-corrected chi connectivity index (χ4v) is 4.55. The van der Waals surface area contributed by atoms with E-state index in [1.807, 2.05) is 0 Å². The summed E-state index contributed by atoms with van der Waals surface area (Å²) in [7, 11) is 0. The molecule has 0 radical (unpaired) electrons. The van der Waals surface area contributed by atoms with Crippen molar-refractivity contribution in [1.29, 1.82) is 0 Å². The minimum atomic E-state index is 1.07. The molecule has 0 nitrogen and oxygen atoms in total. The highest BCUT2D eigenvalue weighted by atomic mass is 14.2. The van der Waals surface area contributed by atoms with Crippen LogP contribution in [0.25, 0.3) is 17.2 Å². The van der Waals surface area contributed by atoms with Crippen LogP contribution in [0.4, 0.5) is 0 Å². The Morgan fingerprint density at radius 3 is 2.42 bits per heavy atom. The first-order chi connectivity index (χ1) is 11.9. The highest BCUT2D eigenvalue weighted by molar-refractivity contribution is 5.80. The number of allylic oxidation sites excluding steroid dienone is 4. The van der Waals surface area contributed by atoms with Gasteiger partial charge >= 0.3 is 0 Å². The Balaban J connectivity index is 1.89. The molecule has 0 spiro atoms. The molecule has 0 aromatic heterocycles. The number of benzene rings is 2. The maximum atomic E-state index is 2.41. The van der Waals surface area contributed by atoms with Crippen LogP contribution < -0.4 is 10.4 Å². The fraction of sp³-hybridized carbons (Fsp3) is 0.250. The van der Waals surface area contributed by atoms with Gasteiger partial charge in [-0.15, -0.1) is 0 Å². The van der Waals surface area contributed by atoms with Crippen LogP contribution in [-0.2, 0) is 0 Å².